The summed E-state index contributed by atoms with van der Waals surface area (Å²) in [6.45, 7) is 11.8. The van der Waals surface area contributed by atoms with E-state index < -0.39 is 97.5 Å². The molecule has 0 aromatic carbocycles. The van der Waals surface area contributed by atoms with E-state index in [1.165, 1.54) is 167 Å². The van der Waals surface area contributed by atoms with Crippen molar-refractivity contribution in [1.29, 1.82) is 0 Å². The summed E-state index contributed by atoms with van der Waals surface area (Å²) in [5.41, 5.74) is 0. The minimum absolute atomic E-state index is 0.104. The molecule has 0 spiro atoms. The lowest BCUT2D eigenvalue weighted by atomic mass is 9.99. The van der Waals surface area contributed by atoms with Gasteiger partial charge in [0.15, 0.2) is 12.2 Å². The Labute approximate surface area is 549 Å². The molecule has 534 valence electrons. The Kier molecular flexibility index (Phi) is 60.6. The minimum atomic E-state index is -4.95. The summed E-state index contributed by atoms with van der Waals surface area (Å²) in [6, 6.07) is 0. The van der Waals surface area contributed by atoms with Gasteiger partial charge in [-0.1, -0.05) is 305 Å². The lowest BCUT2D eigenvalue weighted by molar-refractivity contribution is -0.161. The van der Waals surface area contributed by atoms with Gasteiger partial charge in [0, 0.05) is 25.7 Å². The number of rotatable bonds is 69. The highest BCUT2D eigenvalue weighted by Crippen LogP contribution is 2.45. The number of phosphoric acid groups is 2. The van der Waals surface area contributed by atoms with Crippen LogP contribution in [0, 0.1) is 17.8 Å². The van der Waals surface area contributed by atoms with Crippen LogP contribution in [0.2, 0.25) is 0 Å². The maximum absolute atomic E-state index is 13.0. The van der Waals surface area contributed by atoms with E-state index in [-0.39, 0.29) is 25.7 Å². The van der Waals surface area contributed by atoms with Gasteiger partial charge in [0.05, 0.1) is 26.4 Å². The number of esters is 4. The predicted octanol–water partition coefficient (Wildman–Crippen LogP) is 20.2. The maximum atomic E-state index is 13.0. The molecule has 0 aliphatic carbocycles. The molecular formula is C71H138O17P2. The summed E-state index contributed by atoms with van der Waals surface area (Å²) < 4.78 is 68.3. The van der Waals surface area contributed by atoms with Gasteiger partial charge in [0.25, 0.3) is 0 Å². The number of hydrogen-bond donors (Lipinski definition) is 3. The Morgan fingerprint density at radius 1 is 0.322 bits per heavy atom. The van der Waals surface area contributed by atoms with Crippen LogP contribution < -0.4 is 0 Å². The van der Waals surface area contributed by atoms with Crippen molar-refractivity contribution in [3.8, 4) is 0 Å². The van der Waals surface area contributed by atoms with Gasteiger partial charge >= 0.3 is 39.5 Å². The fourth-order valence-electron chi connectivity index (χ4n) is 10.7. The first-order valence-corrected chi connectivity index (χ1v) is 39.9. The molecule has 6 atom stereocenters. The first-order valence-electron chi connectivity index (χ1n) is 36.9. The third kappa shape index (κ3) is 63.5. The van der Waals surface area contributed by atoms with Gasteiger partial charge in [0.1, 0.15) is 19.3 Å². The first kappa shape index (κ1) is 88.1. The van der Waals surface area contributed by atoms with E-state index in [1.807, 2.05) is 0 Å². The fraction of sp³-hybridized carbons (Fsp3) is 0.944. The van der Waals surface area contributed by atoms with Crippen molar-refractivity contribution in [2.45, 2.75) is 375 Å². The summed E-state index contributed by atoms with van der Waals surface area (Å²) in [5.74, 6) is 0.0956. The van der Waals surface area contributed by atoms with E-state index in [0.29, 0.717) is 25.7 Å². The number of carbonyl (C=O) groups excluding carboxylic acids is 4. The van der Waals surface area contributed by atoms with E-state index >= 15 is 0 Å². The second-order valence-corrected chi connectivity index (χ2v) is 29.7. The van der Waals surface area contributed by atoms with Crippen LogP contribution in [0.1, 0.15) is 357 Å². The van der Waals surface area contributed by atoms with Crippen molar-refractivity contribution in [2.75, 3.05) is 39.6 Å². The Balaban J connectivity index is 5.25. The van der Waals surface area contributed by atoms with Crippen molar-refractivity contribution in [3.63, 3.8) is 0 Å². The van der Waals surface area contributed by atoms with Crippen LogP contribution in [0.15, 0.2) is 0 Å². The molecule has 0 aromatic heterocycles. The zero-order valence-electron chi connectivity index (χ0n) is 58.6. The van der Waals surface area contributed by atoms with E-state index in [9.17, 15) is 43.2 Å². The second-order valence-electron chi connectivity index (χ2n) is 26.8. The van der Waals surface area contributed by atoms with Crippen molar-refractivity contribution >= 4 is 39.5 Å². The minimum Gasteiger partial charge on any atom is -0.462 e. The molecule has 3 unspecified atom stereocenters. The van der Waals surface area contributed by atoms with Crippen LogP contribution in [0.4, 0.5) is 0 Å². The van der Waals surface area contributed by atoms with Crippen LogP contribution in [0.25, 0.3) is 0 Å². The van der Waals surface area contributed by atoms with E-state index in [1.54, 1.807) is 0 Å². The molecule has 0 bridgehead atoms. The molecule has 0 aliphatic heterocycles. The van der Waals surface area contributed by atoms with Gasteiger partial charge in [-0.3, -0.25) is 37.3 Å². The third-order valence-corrected chi connectivity index (χ3v) is 18.6. The Morgan fingerprint density at radius 3 is 0.844 bits per heavy atom. The molecule has 0 heterocycles. The number of carbonyl (C=O) groups is 4. The van der Waals surface area contributed by atoms with E-state index in [0.717, 1.165) is 108 Å². The summed E-state index contributed by atoms with van der Waals surface area (Å²) >= 11 is 0. The van der Waals surface area contributed by atoms with Crippen molar-refractivity contribution < 1.29 is 80.2 Å². The van der Waals surface area contributed by atoms with Crippen molar-refractivity contribution in [1.82, 2.24) is 0 Å². The van der Waals surface area contributed by atoms with Crippen LogP contribution in [0.5, 0.6) is 0 Å². The summed E-state index contributed by atoms with van der Waals surface area (Å²) in [6.07, 6.45) is 45.8. The number of unbranched alkanes of at least 4 members (excludes halogenated alkanes) is 36. The number of hydrogen-bond acceptors (Lipinski definition) is 15. The SMILES string of the molecule is CCCCCCCCCCCCCCCCCCC(=O)O[C@H](COC(=O)CCCCCCCCCCC(C)CC)COP(=O)(O)OC[C@@H](O)COP(=O)(O)OC[C@@H](COC(=O)CCCCCCCCCCC(C)C)OC(=O)CCCCCCCCCCC(C)C. The van der Waals surface area contributed by atoms with Gasteiger partial charge in [-0.15, -0.1) is 0 Å². The molecule has 0 saturated carbocycles. The number of aliphatic hydroxyl groups excluding tert-OH is 1. The molecule has 90 heavy (non-hydrogen) atoms. The topological polar surface area (TPSA) is 237 Å². The molecule has 17 nitrogen and oxygen atoms in total. The average molecular weight is 1330 g/mol. The number of phosphoric ester groups is 2. The lowest BCUT2D eigenvalue weighted by Crippen LogP contribution is -2.30. The highest BCUT2D eigenvalue weighted by atomic mass is 31.2. The Bertz CT molecular complexity index is 1770. The molecule has 0 saturated heterocycles. The first-order chi connectivity index (χ1) is 43.3. The Morgan fingerprint density at radius 2 is 0.567 bits per heavy atom. The zero-order chi connectivity index (χ0) is 66.6. The number of aliphatic hydroxyl groups is 1. The highest BCUT2D eigenvalue weighted by Gasteiger charge is 2.30. The summed E-state index contributed by atoms with van der Waals surface area (Å²) in [5, 5.41) is 10.6. The summed E-state index contributed by atoms with van der Waals surface area (Å²) in [4.78, 5) is 72.6. The van der Waals surface area contributed by atoms with Gasteiger partial charge in [0.2, 0.25) is 0 Å². The van der Waals surface area contributed by atoms with E-state index in [4.69, 9.17) is 37.0 Å². The lowest BCUT2D eigenvalue weighted by Gasteiger charge is -2.21. The second kappa shape index (κ2) is 61.9. The van der Waals surface area contributed by atoms with Crippen LogP contribution >= 0.6 is 15.6 Å². The maximum Gasteiger partial charge on any atom is 0.472 e. The highest BCUT2D eigenvalue weighted by molar-refractivity contribution is 7.47. The van der Waals surface area contributed by atoms with Crippen LogP contribution in [-0.4, -0.2) is 96.7 Å². The van der Waals surface area contributed by atoms with Crippen molar-refractivity contribution in [2.24, 2.45) is 17.8 Å². The average Bonchev–Trinajstić information content (AvgIpc) is 3.24. The van der Waals surface area contributed by atoms with E-state index in [2.05, 4.69) is 48.5 Å². The monoisotopic (exact) mass is 1320 g/mol. The van der Waals surface area contributed by atoms with Gasteiger partial charge < -0.3 is 33.8 Å². The van der Waals surface area contributed by atoms with Crippen LogP contribution in [0.3, 0.4) is 0 Å². The molecule has 0 fully saturated rings. The van der Waals surface area contributed by atoms with Crippen molar-refractivity contribution in [3.05, 3.63) is 0 Å². The molecule has 19 heteroatoms. The molecule has 3 N–H and O–H groups in total. The normalized spacial score (nSPS) is 14.5. The molecule has 0 aliphatic rings. The largest absolute Gasteiger partial charge is 0.472 e. The molecule has 0 aromatic rings. The molecule has 0 radical (unpaired) electrons. The molecule has 0 rings (SSSR count). The quantitative estimate of drug-likeness (QED) is 0.0222. The van der Waals surface area contributed by atoms with Crippen LogP contribution in [-0.2, 0) is 65.4 Å². The van der Waals surface area contributed by atoms with Gasteiger partial charge in [-0.05, 0) is 43.4 Å². The fourth-order valence-corrected chi connectivity index (χ4v) is 12.3. The molecular weight excluding hydrogens is 1190 g/mol. The standard InChI is InChI=1S/C71H138O17P2/c1-8-10-11-12-13-14-15-16-17-18-19-20-21-33-40-47-54-70(75)87-66(58-82-69(74)53-46-39-32-27-24-30-37-44-51-64(7)9-2)60-85-89(77,78)83-56-65(72)57-84-90(79,80)86-61-67(88-71(76)55-48-41-34-26-23-29-36-43-50-63(5)6)59-81-68(73)52-45-38-31-25-22-28-35-42-49-62(3)4/h62-67,72H,8-61H2,1-7H3,(H,77,78)(H,79,80)/t64?,65-,66-,67-/m1/s1. The Hall–Kier alpha value is -1.94. The van der Waals surface area contributed by atoms with Gasteiger partial charge in [-0.2, -0.15) is 0 Å². The third-order valence-electron chi connectivity index (χ3n) is 16.7. The van der Waals surface area contributed by atoms with Gasteiger partial charge in [-0.25, -0.2) is 9.13 Å². The number of ether oxygens (including phenoxy) is 4. The summed E-state index contributed by atoms with van der Waals surface area (Å²) in [7, 11) is -9.90. The molecule has 0 amide bonds. The predicted molar refractivity (Wildman–Crippen MR) is 363 cm³/mol. The smallest absolute Gasteiger partial charge is 0.462 e. The zero-order valence-corrected chi connectivity index (χ0v) is 60.4.